The van der Waals surface area contributed by atoms with E-state index in [-0.39, 0.29) is 11.7 Å². The van der Waals surface area contributed by atoms with Crippen molar-refractivity contribution in [3.63, 3.8) is 0 Å². The highest BCUT2D eigenvalue weighted by Crippen LogP contribution is 2.13. The molecule has 0 saturated heterocycles. The topological polar surface area (TPSA) is 29.1 Å². The minimum atomic E-state index is -0.269. The largest absolute Gasteiger partial charge is 0.347 e. The summed E-state index contributed by atoms with van der Waals surface area (Å²) in [5, 5.41) is 4.73. The average Bonchev–Trinajstić information content (AvgIpc) is 2.75. The molecule has 0 saturated carbocycles. The molecular weight excluding hydrogens is 237 g/mol. The van der Waals surface area contributed by atoms with E-state index < -0.39 is 0 Å². The van der Waals surface area contributed by atoms with E-state index in [4.69, 9.17) is 0 Å². The third-order valence-corrected chi connectivity index (χ3v) is 3.37. The second-order valence-electron chi connectivity index (χ2n) is 3.80. The number of hydrogen-bond acceptors (Lipinski definition) is 2. The molecule has 0 unspecified atom stereocenters. The zero-order valence-corrected chi connectivity index (χ0v) is 10.2. The number of halogens is 1. The zero-order valence-electron chi connectivity index (χ0n) is 9.37. The number of carbonyl (C=O) groups excluding carboxylic acids is 1. The normalized spacial score (nSPS) is 10.2. The molecule has 4 heteroatoms. The van der Waals surface area contributed by atoms with E-state index in [1.807, 2.05) is 18.4 Å². The third-order valence-electron chi connectivity index (χ3n) is 2.32. The van der Waals surface area contributed by atoms with Crippen molar-refractivity contribution in [2.45, 2.75) is 13.5 Å². The lowest BCUT2D eigenvalue weighted by molar-refractivity contribution is 0.0955. The maximum atomic E-state index is 12.7. The van der Waals surface area contributed by atoms with Gasteiger partial charge in [-0.05, 0) is 41.6 Å². The molecule has 2 nitrogen and oxygen atoms in total. The molecule has 0 aliphatic carbocycles. The van der Waals surface area contributed by atoms with Crippen LogP contribution in [0, 0.1) is 12.7 Å². The molecule has 0 atom stereocenters. The lowest BCUT2D eigenvalue weighted by Gasteiger charge is -2.03. The Labute approximate surface area is 103 Å². The van der Waals surface area contributed by atoms with Crippen LogP contribution < -0.4 is 5.32 Å². The first kappa shape index (κ1) is 11.8. The van der Waals surface area contributed by atoms with Crippen LogP contribution in [0.2, 0.25) is 0 Å². The predicted octanol–water partition coefficient (Wildman–Crippen LogP) is 3.13. The van der Waals surface area contributed by atoms with E-state index >= 15 is 0 Å². The van der Waals surface area contributed by atoms with Gasteiger partial charge in [-0.25, -0.2) is 4.39 Å². The lowest BCUT2D eigenvalue weighted by Crippen LogP contribution is -2.21. The lowest BCUT2D eigenvalue weighted by atomic mass is 10.2. The highest BCUT2D eigenvalue weighted by Gasteiger charge is 2.07. The van der Waals surface area contributed by atoms with Crippen molar-refractivity contribution < 1.29 is 9.18 Å². The van der Waals surface area contributed by atoms with Gasteiger partial charge < -0.3 is 5.32 Å². The van der Waals surface area contributed by atoms with Crippen LogP contribution in [-0.4, -0.2) is 5.91 Å². The molecular formula is C13H12FNOS. The van der Waals surface area contributed by atoms with Crippen LogP contribution in [0.1, 0.15) is 20.8 Å². The maximum absolute atomic E-state index is 12.7. The summed E-state index contributed by atoms with van der Waals surface area (Å²) in [6.45, 7) is 2.36. The second kappa shape index (κ2) is 5.10. The highest BCUT2D eigenvalue weighted by atomic mass is 32.1. The Balaban J connectivity index is 1.94. The number of benzene rings is 1. The summed E-state index contributed by atoms with van der Waals surface area (Å²) in [5.41, 5.74) is 1.97. The monoisotopic (exact) mass is 249 g/mol. The maximum Gasteiger partial charge on any atom is 0.261 e. The molecule has 0 aliphatic rings. The smallest absolute Gasteiger partial charge is 0.261 e. The van der Waals surface area contributed by atoms with Crippen molar-refractivity contribution in [1.29, 1.82) is 0 Å². The Hall–Kier alpha value is -1.68. The van der Waals surface area contributed by atoms with Crippen molar-refractivity contribution in [3.8, 4) is 0 Å². The SMILES string of the molecule is Cc1csc(C(=O)NCc2ccc(F)cc2)c1. The Bertz CT molecular complexity index is 518. The van der Waals surface area contributed by atoms with Gasteiger partial charge in [0.05, 0.1) is 4.88 Å². The Morgan fingerprint density at radius 2 is 2.06 bits per heavy atom. The summed E-state index contributed by atoms with van der Waals surface area (Å²) >= 11 is 1.42. The van der Waals surface area contributed by atoms with Gasteiger partial charge in [-0.3, -0.25) is 4.79 Å². The van der Waals surface area contributed by atoms with Gasteiger partial charge in [-0.2, -0.15) is 0 Å². The van der Waals surface area contributed by atoms with Crippen LogP contribution in [0.3, 0.4) is 0 Å². The van der Waals surface area contributed by atoms with Crippen molar-refractivity contribution in [2.75, 3.05) is 0 Å². The van der Waals surface area contributed by atoms with E-state index in [1.54, 1.807) is 12.1 Å². The number of aryl methyl sites for hydroxylation is 1. The Morgan fingerprint density at radius 3 is 2.65 bits per heavy atom. The molecule has 17 heavy (non-hydrogen) atoms. The molecule has 0 radical (unpaired) electrons. The fourth-order valence-corrected chi connectivity index (χ4v) is 2.24. The number of rotatable bonds is 3. The standard InChI is InChI=1S/C13H12FNOS/c1-9-6-12(17-8-9)13(16)15-7-10-2-4-11(14)5-3-10/h2-6,8H,7H2,1H3,(H,15,16). The molecule has 1 aromatic carbocycles. The van der Waals surface area contributed by atoms with Gasteiger partial charge in [0.15, 0.2) is 0 Å². The molecule has 0 aliphatic heterocycles. The molecule has 2 aromatic rings. The summed E-state index contributed by atoms with van der Waals surface area (Å²) in [6, 6.07) is 7.95. The van der Waals surface area contributed by atoms with E-state index in [9.17, 15) is 9.18 Å². The van der Waals surface area contributed by atoms with Crippen LogP contribution >= 0.6 is 11.3 Å². The summed E-state index contributed by atoms with van der Waals surface area (Å²) in [5.74, 6) is -0.360. The first-order chi connectivity index (χ1) is 8.15. The van der Waals surface area contributed by atoms with Crippen molar-refractivity contribution in [2.24, 2.45) is 0 Å². The van der Waals surface area contributed by atoms with Crippen LogP contribution in [0.4, 0.5) is 4.39 Å². The molecule has 88 valence electrons. The van der Waals surface area contributed by atoms with E-state index in [0.29, 0.717) is 11.4 Å². The Kier molecular flexibility index (Phi) is 3.54. The number of hydrogen-bond donors (Lipinski definition) is 1. The van der Waals surface area contributed by atoms with Gasteiger partial charge in [0.1, 0.15) is 5.82 Å². The molecule has 1 amide bonds. The minimum absolute atomic E-state index is 0.0903. The van der Waals surface area contributed by atoms with Crippen LogP contribution in [0.25, 0.3) is 0 Å². The number of thiophene rings is 1. The summed E-state index contributed by atoms with van der Waals surface area (Å²) in [7, 11) is 0. The molecule has 1 heterocycles. The summed E-state index contributed by atoms with van der Waals surface area (Å²) in [4.78, 5) is 12.4. The van der Waals surface area contributed by atoms with Crippen LogP contribution in [0.5, 0.6) is 0 Å². The molecule has 0 fully saturated rings. The van der Waals surface area contributed by atoms with E-state index in [1.165, 1.54) is 23.5 Å². The quantitative estimate of drug-likeness (QED) is 0.889. The van der Waals surface area contributed by atoms with Gasteiger partial charge in [-0.1, -0.05) is 12.1 Å². The van der Waals surface area contributed by atoms with Gasteiger partial charge in [0, 0.05) is 6.54 Å². The number of amides is 1. The minimum Gasteiger partial charge on any atom is -0.347 e. The first-order valence-corrected chi connectivity index (χ1v) is 6.11. The molecule has 0 spiro atoms. The molecule has 1 N–H and O–H groups in total. The fraction of sp³-hybridized carbons (Fsp3) is 0.154. The van der Waals surface area contributed by atoms with Gasteiger partial charge >= 0.3 is 0 Å². The van der Waals surface area contributed by atoms with Crippen LogP contribution in [0.15, 0.2) is 35.7 Å². The fourth-order valence-electron chi connectivity index (χ4n) is 1.42. The molecule has 1 aromatic heterocycles. The van der Waals surface area contributed by atoms with E-state index in [0.717, 1.165) is 11.1 Å². The van der Waals surface area contributed by atoms with Gasteiger partial charge in [0.25, 0.3) is 5.91 Å². The van der Waals surface area contributed by atoms with Crippen LogP contribution in [-0.2, 0) is 6.54 Å². The number of nitrogens with one attached hydrogen (secondary N) is 1. The Morgan fingerprint density at radius 1 is 1.35 bits per heavy atom. The number of carbonyl (C=O) groups is 1. The highest BCUT2D eigenvalue weighted by molar-refractivity contribution is 7.12. The molecule has 2 rings (SSSR count). The molecule has 0 bridgehead atoms. The van der Waals surface area contributed by atoms with Gasteiger partial charge in [0.2, 0.25) is 0 Å². The first-order valence-electron chi connectivity index (χ1n) is 5.23. The summed E-state index contributed by atoms with van der Waals surface area (Å²) in [6.07, 6.45) is 0. The van der Waals surface area contributed by atoms with Gasteiger partial charge in [-0.15, -0.1) is 11.3 Å². The van der Waals surface area contributed by atoms with Crippen molar-refractivity contribution >= 4 is 17.2 Å². The zero-order chi connectivity index (χ0) is 12.3. The summed E-state index contributed by atoms with van der Waals surface area (Å²) < 4.78 is 12.7. The second-order valence-corrected chi connectivity index (χ2v) is 4.71. The van der Waals surface area contributed by atoms with Crippen molar-refractivity contribution in [1.82, 2.24) is 5.32 Å². The average molecular weight is 249 g/mol. The van der Waals surface area contributed by atoms with Crippen molar-refractivity contribution in [3.05, 3.63) is 57.5 Å². The predicted molar refractivity (Wildman–Crippen MR) is 66.6 cm³/mol. The van der Waals surface area contributed by atoms with E-state index in [2.05, 4.69) is 5.32 Å². The third kappa shape index (κ3) is 3.14.